The predicted octanol–water partition coefficient (Wildman–Crippen LogP) is 3.20. The standard InChI is InChI=1S/C18H17N3O2/c1-20-15-9-5-4-8-14(15)16(19-20)17-13-7-3-2-6-12(13)10-11-21(17)18(22)23/h2-9,17H,10-11H2,1H3,(H,22,23). The molecule has 0 saturated carbocycles. The fraction of sp³-hybridized carbons (Fsp3) is 0.222. The van der Waals surface area contributed by atoms with E-state index in [1.54, 1.807) is 0 Å². The molecule has 1 aliphatic rings. The van der Waals surface area contributed by atoms with Crippen LogP contribution in [0.25, 0.3) is 10.9 Å². The lowest BCUT2D eigenvalue weighted by Gasteiger charge is -2.34. The summed E-state index contributed by atoms with van der Waals surface area (Å²) < 4.78 is 1.82. The molecule has 5 nitrogen and oxygen atoms in total. The molecule has 1 atom stereocenters. The molecule has 1 unspecified atom stereocenters. The largest absolute Gasteiger partial charge is 0.465 e. The van der Waals surface area contributed by atoms with Crippen LogP contribution in [0.2, 0.25) is 0 Å². The van der Waals surface area contributed by atoms with Crippen LogP contribution in [0.15, 0.2) is 48.5 Å². The maximum Gasteiger partial charge on any atom is 0.408 e. The number of carbonyl (C=O) groups is 1. The highest BCUT2D eigenvalue weighted by Crippen LogP contribution is 2.37. The SMILES string of the molecule is Cn1nc(C2c3ccccc3CCN2C(=O)O)c2ccccc21. The predicted molar refractivity (Wildman–Crippen MR) is 87.4 cm³/mol. The van der Waals surface area contributed by atoms with Crippen molar-refractivity contribution in [3.8, 4) is 0 Å². The van der Waals surface area contributed by atoms with Gasteiger partial charge >= 0.3 is 6.09 Å². The van der Waals surface area contributed by atoms with Crippen molar-refractivity contribution in [1.29, 1.82) is 0 Å². The Labute approximate surface area is 133 Å². The molecule has 2 aromatic carbocycles. The van der Waals surface area contributed by atoms with Crippen LogP contribution in [0, 0.1) is 0 Å². The van der Waals surface area contributed by atoms with E-state index in [2.05, 4.69) is 11.2 Å². The van der Waals surface area contributed by atoms with Crippen molar-refractivity contribution in [3.05, 3.63) is 65.4 Å². The van der Waals surface area contributed by atoms with Gasteiger partial charge in [-0.3, -0.25) is 9.58 Å². The number of fused-ring (bicyclic) bond motifs is 2. The molecule has 1 N–H and O–H groups in total. The Hall–Kier alpha value is -2.82. The van der Waals surface area contributed by atoms with Crippen LogP contribution in [0.4, 0.5) is 4.79 Å². The van der Waals surface area contributed by atoms with E-state index in [0.29, 0.717) is 6.54 Å². The number of benzene rings is 2. The number of para-hydroxylation sites is 1. The summed E-state index contributed by atoms with van der Waals surface area (Å²) in [5.74, 6) is 0. The number of nitrogens with zero attached hydrogens (tertiary/aromatic N) is 3. The molecule has 2 heterocycles. The third kappa shape index (κ3) is 2.08. The molecule has 0 saturated heterocycles. The summed E-state index contributed by atoms with van der Waals surface area (Å²) in [6, 6.07) is 15.6. The summed E-state index contributed by atoms with van der Waals surface area (Å²) >= 11 is 0. The number of hydrogen-bond donors (Lipinski definition) is 1. The summed E-state index contributed by atoms with van der Waals surface area (Å²) in [5.41, 5.74) is 4.04. The minimum Gasteiger partial charge on any atom is -0.465 e. The van der Waals surface area contributed by atoms with E-state index in [1.165, 1.54) is 10.5 Å². The van der Waals surface area contributed by atoms with Crippen molar-refractivity contribution in [1.82, 2.24) is 14.7 Å². The molecule has 1 amide bonds. The van der Waals surface area contributed by atoms with Gasteiger partial charge in [-0.25, -0.2) is 4.79 Å². The van der Waals surface area contributed by atoms with Crippen LogP contribution in [-0.4, -0.2) is 32.4 Å². The Bertz CT molecular complexity index is 900. The third-order valence-corrected chi connectivity index (χ3v) is 4.57. The van der Waals surface area contributed by atoms with Gasteiger partial charge in [0.25, 0.3) is 0 Å². The average Bonchev–Trinajstić information content (AvgIpc) is 2.91. The molecule has 23 heavy (non-hydrogen) atoms. The normalized spacial score (nSPS) is 17.3. The minimum absolute atomic E-state index is 0.358. The lowest BCUT2D eigenvalue weighted by Crippen LogP contribution is -2.40. The molecule has 0 aliphatic carbocycles. The zero-order valence-electron chi connectivity index (χ0n) is 12.8. The average molecular weight is 307 g/mol. The van der Waals surface area contributed by atoms with E-state index < -0.39 is 6.09 Å². The summed E-state index contributed by atoms with van der Waals surface area (Å²) in [7, 11) is 1.89. The zero-order valence-corrected chi connectivity index (χ0v) is 12.8. The first-order valence-corrected chi connectivity index (χ1v) is 7.66. The van der Waals surface area contributed by atoms with Gasteiger partial charge in [-0.05, 0) is 23.6 Å². The molecule has 0 fully saturated rings. The smallest absolute Gasteiger partial charge is 0.408 e. The second kappa shape index (κ2) is 5.12. The molecule has 1 aromatic heterocycles. The van der Waals surface area contributed by atoms with E-state index in [1.807, 2.05) is 54.2 Å². The van der Waals surface area contributed by atoms with E-state index in [9.17, 15) is 9.90 Å². The summed E-state index contributed by atoms with van der Waals surface area (Å²) in [6.45, 7) is 0.488. The lowest BCUT2D eigenvalue weighted by atomic mass is 9.90. The number of aromatic nitrogens is 2. The van der Waals surface area contributed by atoms with Crippen LogP contribution < -0.4 is 0 Å². The van der Waals surface area contributed by atoms with E-state index in [0.717, 1.165) is 28.6 Å². The van der Waals surface area contributed by atoms with Gasteiger partial charge in [-0.2, -0.15) is 5.10 Å². The highest BCUT2D eigenvalue weighted by molar-refractivity contribution is 5.83. The van der Waals surface area contributed by atoms with Gasteiger partial charge in [0.2, 0.25) is 0 Å². The second-order valence-electron chi connectivity index (χ2n) is 5.85. The first kappa shape index (κ1) is 13.8. The van der Waals surface area contributed by atoms with Crippen molar-refractivity contribution < 1.29 is 9.90 Å². The molecule has 0 spiro atoms. The Morgan fingerprint density at radius 3 is 2.74 bits per heavy atom. The Balaban J connectivity index is 1.98. The first-order valence-electron chi connectivity index (χ1n) is 7.66. The fourth-order valence-electron chi connectivity index (χ4n) is 3.51. The number of amides is 1. The maximum absolute atomic E-state index is 11.8. The first-order chi connectivity index (χ1) is 11.2. The number of rotatable bonds is 1. The lowest BCUT2D eigenvalue weighted by molar-refractivity contribution is 0.128. The molecular formula is C18H17N3O2. The highest BCUT2D eigenvalue weighted by Gasteiger charge is 2.34. The Kier molecular flexibility index (Phi) is 3.08. The fourth-order valence-corrected chi connectivity index (χ4v) is 3.51. The number of carboxylic acid groups (broad SMARTS) is 1. The summed E-state index contributed by atoms with van der Waals surface area (Å²) in [6.07, 6.45) is -0.164. The highest BCUT2D eigenvalue weighted by atomic mass is 16.4. The van der Waals surface area contributed by atoms with Gasteiger partial charge < -0.3 is 5.11 Å². The van der Waals surface area contributed by atoms with E-state index >= 15 is 0 Å². The van der Waals surface area contributed by atoms with Gasteiger partial charge in [0.15, 0.2) is 0 Å². The van der Waals surface area contributed by atoms with Crippen LogP contribution in [-0.2, 0) is 13.5 Å². The quantitative estimate of drug-likeness (QED) is 0.751. The molecule has 5 heteroatoms. The van der Waals surface area contributed by atoms with E-state index in [4.69, 9.17) is 0 Å². The molecule has 0 radical (unpaired) electrons. The van der Waals surface area contributed by atoms with Crippen molar-refractivity contribution in [2.75, 3.05) is 6.54 Å². The topological polar surface area (TPSA) is 58.4 Å². The molecule has 116 valence electrons. The number of hydrogen-bond acceptors (Lipinski definition) is 2. The van der Waals surface area contributed by atoms with Crippen LogP contribution in [0.3, 0.4) is 0 Å². The van der Waals surface area contributed by atoms with Gasteiger partial charge in [0.05, 0.1) is 11.2 Å². The van der Waals surface area contributed by atoms with E-state index in [-0.39, 0.29) is 6.04 Å². The van der Waals surface area contributed by atoms with Crippen molar-refractivity contribution in [3.63, 3.8) is 0 Å². The molecule has 4 rings (SSSR count). The summed E-state index contributed by atoms with van der Waals surface area (Å²) in [5, 5.41) is 15.3. The molecular weight excluding hydrogens is 290 g/mol. The second-order valence-corrected chi connectivity index (χ2v) is 5.85. The Morgan fingerprint density at radius 2 is 1.91 bits per heavy atom. The van der Waals surface area contributed by atoms with Crippen LogP contribution in [0.1, 0.15) is 22.9 Å². The molecule has 3 aromatic rings. The van der Waals surface area contributed by atoms with Gasteiger partial charge in [0, 0.05) is 19.0 Å². The third-order valence-electron chi connectivity index (χ3n) is 4.57. The molecule has 0 bridgehead atoms. The minimum atomic E-state index is -0.903. The Morgan fingerprint density at radius 1 is 1.17 bits per heavy atom. The van der Waals surface area contributed by atoms with Gasteiger partial charge in [-0.1, -0.05) is 42.5 Å². The van der Waals surface area contributed by atoms with Crippen molar-refractivity contribution >= 4 is 17.0 Å². The van der Waals surface area contributed by atoms with Gasteiger partial charge in [0.1, 0.15) is 6.04 Å². The summed E-state index contributed by atoms with van der Waals surface area (Å²) in [4.78, 5) is 13.3. The monoisotopic (exact) mass is 307 g/mol. The van der Waals surface area contributed by atoms with Gasteiger partial charge in [-0.15, -0.1) is 0 Å². The molecule has 1 aliphatic heterocycles. The van der Waals surface area contributed by atoms with Crippen molar-refractivity contribution in [2.24, 2.45) is 7.05 Å². The van der Waals surface area contributed by atoms with Crippen LogP contribution in [0.5, 0.6) is 0 Å². The zero-order chi connectivity index (χ0) is 16.0. The number of aryl methyl sites for hydroxylation is 1. The maximum atomic E-state index is 11.8. The van der Waals surface area contributed by atoms with Crippen LogP contribution >= 0.6 is 0 Å². The van der Waals surface area contributed by atoms with Crippen molar-refractivity contribution in [2.45, 2.75) is 12.5 Å².